The van der Waals surface area contributed by atoms with Crippen LogP contribution in [0.2, 0.25) is 0 Å². The molecule has 2 aliphatic heterocycles. The third-order valence-electron chi connectivity index (χ3n) is 6.11. The number of amides is 2. The highest BCUT2D eigenvalue weighted by Crippen LogP contribution is 2.38. The van der Waals surface area contributed by atoms with E-state index in [0.717, 1.165) is 25.7 Å². The fourth-order valence-corrected chi connectivity index (χ4v) is 4.73. The zero-order valence-corrected chi connectivity index (χ0v) is 19.3. The Labute approximate surface area is 184 Å². The molecule has 0 aliphatic carbocycles. The first-order valence-corrected chi connectivity index (χ1v) is 11.2. The van der Waals surface area contributed by atoms with Gasteiger partial charge in [-0.3, -0.25) is 14.5 Å². The van der Waals surface area contributed by atoms with Crippen LogP contribution in [0.25, 0.3) is 0 Å². The third kappa shape index (κ3) is 6.42. The van der Waals surface area contributed by atoms with Crippen LogP contribution in [-0.2, 0) is 9.59 Å². The predicted molar refractivity (Wildman–Crippen MR) is 118 cm³/mol. The van der Waals surface area contributed by atoms with Gasteiger partial charge >= 0.3 is 0 Å². The Morgan fingerprint density at radius 1 is 1.06 bits per heavy atom. The Bertz CT molecular complexity index is 774. The smallest absolute Gasteiger partial charge is 0.263 e. The molecular weight excluding hydrogens is 397 g/mol. The minimum Gasteiger partial charge on any atom is -0.478 e. The lowest BCUT2D eigenvalue weighted by atomic mass is 9.90. The maximum Gasteiger partial charge on any atom is 0.263 e. The summed E-state index contributed by atoms with van der Waals surface area (Å²) in [5.74, 6) is 0.407. The number of ether oxygens (including phenoxy) is 1. The van der Waals surface area contributed by atoms with Crippen molar-refractivity contribution in [3.63, 3.8) is 0 Å². The second kappa shape index (κ2) is 9.15. The van der Waals surface area contributed by atoms with E-state index in [1.165, 1.54) is 24.3 Å². The van der Waals surface area contributed by atoms with Crippen molar-refractivity contribution in [1.29, 1.82) is 0 Å². The summed E-state index contributed by atoms with van der Waals surface area (Å²) in [4.78, 5) is 27.5. The molecule has 2 aliphatic rings. The summed E-state index contributed by atoms with van der Waals surface area (Å²) in [6, 6.07) is 6.47. The number of hydrogen-bond donors (Lipinski definition) is 2. The Kier molecular flexibility index (Phi) is 6.94. The summed E-state index contributed by atoms with van der Waals surface area (Å²) in [6.45, 7) is 10.5. The first kappa shape index (κ1) is 23.5. The van der Waals surface area contributed by atoms with E-state index in [1.54, 1.807) is 13.8 Å². The highest BCUT2D eigenvalue weighted by atomic mass is 19.1. The summed E-state index contributed by atoms with van der Waals surface area (Å²) >= 11 is 0. The van der Waals surface area contributed by atoms with Crippen LogP contribution in [0, 0.1) is 11.7 Å². The average molecular weight is 434 g/mol. The van der Waals surface area contributed by atoms with Crippen LogP contribution < -0.4 is 15.4 Å². The molecule has 1 aromatic carbocycles. The van der Waals surface area contributed by atoms with Gasteiger partial charge in [0, 0.05) is 24.2 Å². The van der Waals surface area contributed by atoms with Crippen molar-refractivity contribution >= 4 is 11.8 Å². The molecule has 2 N–H and O–H groups in total. The summed E-state index contributed by atoms with van der Waals surface area (Å²) in [7, 11) is 0. The number of nitrogens with one attached hydrogen (secondary N) is 2. The molecule has 0 aromatic heterocycles. The molecule has 2 fully saturated rings. The van der Waals surface area contributed by atoms with Crippen molar-refractivity contribution in [3.05, 3.63) is 30.1 Å². The number of rotatable bonds is 7. The standard InChI is InChI=1S/C24H36FN3O3/c1-23(2,3)27-21(29)15-28-18-8-9-19(28)13-16(12-18)14-26-22(30)24(4,5)31-20-10-6-17(25)7-11-20/h6-7,10-11,16,18-19H,8-9,12-15H2,1-5H3,(H,26,30)(H,27,29)/t16?,18-,19+. The van der Waals surface area contributed by atoms with E-state index in [1.807, 2.05) is 20.8 Å². The van der Waals surface area contributed by atoms with Gasteiger partial charge in [-0.15, -0.1) is 0 Å². The maximum atomic E-state index is 13.1. The monoisotopic (exact) mass is 433 g/mol. The molecule has 1 unspecified atom stereocenters. The Morgan fingerprint density at radius 3 is 2.19 bits per heavy atom. The molecule has 2 saturated heterocycles. The molecule has 0 radical (unpaired) electrons. The van der Waals surface area contributed by atoms with Crippen molar-refractivity contribution in [2.75, 3.05) is 13.1 Å². The van der Waals surface area contributed by atoms with Crippen LogP contribution >= 0.6 is 0 Å². The lowest BCUT2D eigenvalue weighted by molar-refractivity contribution is -0.134. The van der Waals surface area contributed by atoms with E-state index in [0.29, 0.717) is 36.8 Å². The molecule has 172 valence electrons. The van der Waals surface area contributed by atoms with Gasteiger partial charge in [0.15, 0.2) is 5.60 Å². The Hall–Kier alpha value is -2.15. The van der Waals surface area contributed by atoms with Crippen LogP contribution in [0.4, 0.5) is 4.39 Å². The SMILES string of the molecule is CC(C)(C)NC(=O)CN1[C@@H]2CC[C@H]1CC(CNC(=O)C(C)(C)Oc1ccc(F)cc1)C2. The van der Waals surface area contributed by atoms with Gasteiger partial charge in [0.2, 0.25) is 5.91 Å². The third-order valence-corrected chi connectivity index (χ3v) is 6.11. The van der Waals surface area contributed by atoms with Gasteiger partial charge in [0.05, 0.1) is 6.54 Å². The fraction of sp³-hybridized carbons (Fsp3) is 0.667. The van der Waals surface area contributed by atoms with Gasteiger partial charge in [-0.25, -0.2) is 4.39 Å². The van der Waals surface area contributed by atoms with E-state index < -0.39 is 5.60 Å². The zero-order valence-electron chi connectivity index (χ0n) is 19.3. The van der Waals surface area contributed by atoms with Crippen LogP contribution in [0.15, 0.2) is 24.3 Å². The number of carbonyl (C=O) groups excluding carboxylic acids is 2. The van der Waals surface area contributed by atoms with Gasteiger partial charge < -0.3 is 15.4 Å². The lowest BCUT2D eigenvalue weighted by Gasteiger charge is -2.39. The van der Waals surface area contributed by atoms with Gasteiger partial charge in [-0.2, -0.15) is 0 Å². The minimum atomic E-state index is -1.05. The van der Waals surface area contributed by atoms with Crippen LogP contribution in [-0.4, -0.2) is 53.0 Å². The Morgan fingerprint density at radius 2 is 1.65 bits per heavy atom. The zero-order chi connectivity index (χ0) is 22.8. The highest BCUT2D eigenvalue weighted by molar-refractivity contribution is 5.84. The van der Waals surface area contributed by atoms with Crippen molar-refractivity contribution < 1.29 is 18.7 Å². The van der Waals surface area contributed by atoms with E-state index in [9.17, 15) is 14.0 Å². The van der Waals surface area contributed by atoms with Crippen LogP contribution in [0.3, 0.4) is 0 Å². The predicted octanol–water partition coefficient (Wildman–Crippen LogP) is 3.26. The number of fused-ring (bicyclic) bond motifs is 2. The number of hydrogen-bond acceptors (Lipinski definition) is 4. The van der Waals surface area contributed by atoms with Crippen molar-refractivity contribution in [2.24, 2.45) is 5.92 Å². The first-order chi connectivity index (χ1) is 14.4. The second-order valence-electron chi connectivity index (χ2n) is 10.5. The molecule has 0 saturated carbocycles. The van der Waals surface area contributed by atoms with Crippen molar-refractivity contribution in [2.45, 2.75) is 83.5 Å². The number of carbonyl (C=O) groups is 2. The number of piperidine rings is 1. The summed E-state index contributed by atoms with van der Waals surface area (Å²) in [5, 5.41) is 6.10. The number of halogens is 1. The number of nitrogens with zero attached hydrogens (tertiary/aromatic N) is 1. The van der Waals surface area contributed by atoms with Gasteiger partial charge in [-0.1, -0.05) is 0 Å². The molecule has 2 heterocycles. The van der Waals surface area contributed by atoms with E-state index in [4.69, 9.17) is 4.74 Å². The molecular formula is C24H36FN3O3. The number of benzene rings is 1. The molecule has 2 bridgehead atoms. The Balaban J connectivity index is 1.48. The second-order valence-corrected chi connectivity index (χ2v) is 10.5. The summed E-state index contributed by atoms with van der Waals surface area (Å²) in [6.07, 6.45) is 4.19. The molecule has 3 rings (SSSR count). The minimum absolute atomic E-state index is 0.0795. The first-order valence-electron chi connectivity index (χ1n) is 11.2. The summed E-state index contributed by atoms with van der Waals surface area (Å²) < 4.78 is 18.9. The van der Waals surface area contributed by atoms with Gasteiger partial charge in [0.1, 0.15) is 11.6 Å². The molecule has 31 heavy (non-hydrogen) atoms. The van der Waals surface area contributed by atoms with E-state index >= 15 is 0 Å². The summed E-state index contributed by atoms with van der Waals surface area (Å²) in [5.41, 5.74) is -1.27. The van der Waals surface area contributed by atoms with E-state index in [-0.39, 0.29) is 23.2 Å². The fourth-order valence-electron chi connectivity index (χ4n) is 4.73. The average Bonchev–Trinajstić information content (AvgIpc) is 2.88. The molecule has 7 heteroatoms. The van der Waals surface area contributed by atoms with Gasteiger partial charge in [-0.05, 0) is 90.5 Å². The molecule has 0 spiro atoms. The van der Waals surface area contributed by atoms with Crippen molar-refractivity contribution in [1.82, 2.24) is 15.5 Å². The van der Waals surface area contributed by atoms with E-state index in [2.05, 4.69) is 15.5 Å². The van der Waals surface area contributed by atoms with Crippen LogP contribution in [0.5, 0.6) is 5.75 Å². The molecule has 1 aromatic rings. The molecule has 3 atom stereocenters. The van der Waals surface area contributed by atoms with Crippen LogP contribution in [0.1, 0.15) is 60.3 Å². The largest absolute Gasteiger partial charge is 0.478 e. The lowest BCUT2D eigenvalue weighted by Crippen LogP contribution is -2.53. The van der Waals surface area contributed by atoms with Gasteiger partial charge in [0.25, 0.3) is 5.91 Å². The quantitative estimate of drug-likeness (QED) is 0.693. The molecule has 6 nitrogen and oxygen atoms in total. The highest BCUT2D eigenvalue weighted by Gasteiger charge is 2.42. The normalized spacial score (nSPS) is 24.0. The molecule has 2 amide bonds. The maximum absolute atomic E-state index is 13.1. The topological polar surface area (TPSA) is 70.7 Å². The van der Waals surface area contributed by atoms with Crippen molar-refractivity contribution in [3.8, 4) is 5.75 Å².